The van der Waals surface area contributed by atoms with Gasteiger partial charge in [-0.3, -0.25) is 9.69 Å². The van der Waals surface area contributed by atoms with Crippen molar-refractivity contribution in [2.75, 3.05) is 13.2 Å². The Morgan fingerprint density at radius 2 is 1.95 bits per heavy atom. The van der Waals surface area contributed by atoms with Gasteiger partial charge in [-0.2, -0.15) is 0 Å². The van der Waals surface area contributed by atoms with Gasteiger partial charge in [0.15, 0.2) is 12.4 Å². The maximum atomic E-state index is 12.0. The minimum absolute atomic E-state index is 0.0934. The van der Waals surface area contributed by atoms with Crippen LogP contribution in [-0.4, -0.2) is 47.0 Å². The number of hydrogen-bond donors (Lipinski definition) is 1. The number of ether oxygens (including phenoxy) is 1. The smallest absolute Gasteiger partial charge is 0.408 e. The Hall–Kier alpha value is -1.89. The third-order valence-corrected chi connectivity index (χ3v) is 4.07. The molecule has 1 saturated heterocycles. The molecule has 1 amide bonds. The fourth-order valence-electron chi connectivity index (χ4n) is 2.43. The SMILES string of the molecule is CC1CC(C(=O)OCC(=O)c2ccc(Br)cc2)N(C(=O)O)C1. The van der Waals surface area contributed by atoms with Crippen LogP contribution in [0.25, 0.3) is 0 Å². The molecule has 0 bridgehead atoms. The quantitative estimate of drug-likeness (QED) is 0.651. The fraction of sp³-hybridized carbons (Fsp3) is 0.400. The van der Waals surface area contributed by atoms with Crippen molar-refractivity contribution in [3.63, 3.8) is 0 Å². The van der Waals surface area contributed by atoms with Gasteiger partial charge in [0, 0.05) is 16.6 Å². The number of carbonyl (C=O) groups excluding carboxylic acids is 2. The average Bonchev–Trinajstić information content (AvgIpc) is 2.87. The zero-order valence-corrected chi connectivity index (χ0v) is 13.6. The maximum Gasteiger partial charge on any atom is 0.408 e. The summed E-state index contributed by atoms with van der Waals surface area (Å²) in [4.78, 5) is 36.1. The maximum absolute atomic E-state index is 12.0. The zero-order valence-electron chi connectivity index (χ0n) is 12.0. The first kappa shape index (κ1) is 16.5. The second kappa shape index (κ2) is 6.91. The van der Waals surface area contributed by atoms with E-state index >= 15 is 0 Å². The molecular formula is C15H16BrNO5. The van der Waals surface area contributed by atoms with E-state index in [-0.39, 0.29) is 11.7 Å². The highest BCUT2D eigenvalue weighted by molar-refractivity contribution is 9.10. The molecule has 0 aromatic heterocycles. The lowest BCUT2D eigenvalue weighted by Gasteiger charge is -2.19. The van der Waals surface area contributed by atoms with Crippen LogP contribution in [0.4, 0.5) is 4.79 Å². The molecule has 2 rings (SSSR count). The van der Waals surface area contributed by atoms with Crippen LogP contribution in [0, 0.1) is 5.92 Å². The predicted octanol–water partition coefficient (Wildman–Crippen LogP) is 2.56. The van der Waals surface area contributed by atoms with Crippen molar-refractivity contribution in [2.24, 2.45) is 5.92 Å². The highest BCUT2D eigenvalue weighted by atomic mass is 79.9. The van der Waals surface area contributed by atoms with Crippen molar-refractivity contribution in [2.45, 2.75) is 19.4 Å². The molecule has 1 heterocycles. The van der Waals surface area contributed by atoms with E-state index in [2.05, 4.69) is 15.9 Å². The molecular weight excluding hydrogens is 354 g/mol. The van der Waals surface area contributed by atoms with Crippen molar-refractivity contribution in [3.05, 3.63) is 34.3 Å². The average molecular weight is 370 g/mol. The van der Waals surface area contributed by atoms with Crippen molar-refractivity contribution < 1.29 is 24.2 Å². The second-order valence-electron chi connectivity index (χ2n) is 5.33. The lowest BCUT2D eigenvalue weighted by molar-refractivity contribution is -0.147. The van der Waals surface area contributed by atoms with Gasteiger partial charge in [0.05, 0.1) is 0 Å². The summed E-state index contributed by atoms with van der Waals surface area (Å²) in [6.07, 6.45) is -0.733. The predicted molar refractivity (Wildman–Crippen MR) is 81.7 cm³/mol. The first-order valence-corrected chi connectivity index (χ1v) is 7.62. The van der Waals surface area contributed by atoms with Crippen molar-refractivity contribution in [1.82, 2.24) is 4.90 Å². The van der Waals surface area contributed by atoms with E-state index in [1.807, 2.05) is 6.92 Å². The van der Waals surface area contributed by atoms with E-state index in [9.17, 15) is 14.4 Å². The molecule has 6 nitrogen and oxygen atoms in total. The van der Waals surface area contributed by atoms with Gasteiger partial charge in [-0.1, -0.05) is 35.0 Å². The van der Waals surface area contributed by atoms with Crippen LogP contribution in [-0.2, 0) is 9.53 Å². The summed E-state index contributed by atoms with van der Waals surface area (Å²) >= 11 is 3.27. The summed E-state index contributed by atoms with van der Waals surface area (Å²) in [5.41, 5.74) is 0.436. The van der Waals surface area contributed by atoms with Gasteiger partial charge in [-0.25, -0.2) is 9.59 Å². The van der Waals surface area contributed by atoms with Crippen molar-refractivity contribution in [3.8, 4) is 0 Å². The van der Waals surface area contributed by atoms with Gasteiger partial charge in [0.1, 0.15) is 6.04 Å². The molecule has 0 spiro atoms. The van der Waals surface area contributed by atoms with Crippen LogP contribution in [0.1, 0.15) is 23.7 Å². The van der Waals surface area contributed by atoms with Crippen LogP contribution < -0.4 is 0 Å². The summed E-state index contributed by atoms with van der Waals surface area (Å²) in [5, 5.41) is 9.08. The molecule has 0 radical (unpaired) electrons. The van der Waals surface area contributed by atoms with Gasteiger partial charge in [-0.05, 0) is 24.5 Å². The van der Waals surface area contributed by atoms with Crippen molar-refractivity contribution >= 4 is 33.8 Å². The largest absolute Gasteiger partial charge is 0.465 e. The number of likely N-dealkylation sites (tertiary alicyclic amines) is 1. The van der Waals surface area contributed by atoms with E-state index in [1.54, 1.807) is 24.3 Å². The summed E-state index contributed by atoms with van der Waals surface area (Å²) in [6, 6.07) is 5.87. The molecule has 118 valence electrons. The first-order chi connectivity index (χ1) is 10.4. The number of hydrogen-bond acceptors (Lipinski definition) is 4. The summed E-state index contributed by atoms with van der Waals surface area (Å²) in [5.74, 6) is -0.901. The second-order valence-corrected chi connectivity index (χ2v) is 6.25. The van der Waals surface area contributed by atoms with Gasteiger partial charge >= 0.3 is 12.1 Å². The van der Waals surface area contributed by atoms with Crippen molar-refractivity contribution in [1.29, 1.82) is 0 Å². The van der Waals surface area contributed by atoms with Gasteiger partial charge in [0.2, 0.25) is 0 Å². The Balaban J connectivity index is 1.93. The number of ketones is 1. The standard InChI is InChI=1S/C15H16BrNO5/c1-9-6-12(17(7-9)15(20)21)14(19)22-8-13(18)10-2-4-11(16)5-3-10/h2-5,9,12H,6-8H2,1H3,(H,20,21). The van der Waals surface area contributed by atoms with Crippen LogP contribution in [0.5, 0.6) is 0 Å². The van der Waals surface area contributed by atoms with Crippen LogP contribution in [0.3, 0.4) is 0 Å². The molecule has 0 aliphatic carbocycles. The summed E-state index contributed by atoms with van der Waals surface area (Å²) < 4.78 is 5.84. The number of carboxylic acid groups (broad SMARTS) is 1. The Bertz CT molecular complexity index is 586. The Labute approximate surface area is 136 Å². The summed E-state index contributed by atoms with van der Waals surface area (Å²) in [6.45, 7) is 1.78. The van der Waals surface area contributed by atoms with Crippen LogP contribution in [0.2, 0.25) is 0 Å². The minimum atomic E-state index is -1.15. The number of benzene rings is 1. The number of halogens is 1. The summed E-state index contributed by atoms with van der Waals surface area (Å²) in [7, 11) is 0. The molecule has 2 unspecified atom stereocenters. The monoisotopic (exact) mass is 369 g/mol. The van der Waals surface area contributed by atoms with Crippen LogP contribution in [0.15, 0.2) is 28.7 Å². The minimum Gasteiger partial charge on any atom is -0.465 e. The molecule has 1 aromatic rings. The molecule has 1 fully saturated rings. The van der Waals surface area contributed by atoms with Gasteiger partial charge in [0.25, 0.3) is 0 Å². The third kappa shape index (κ3) is 3.85. The molecule has 1 aliphatic rings. The topological polar surface area (TPSA) is 83.9 Å². The normalized spacial score (nSPS) is 20.7. The first-order valence-electron chi connectivity index (χ1n) is 6.83. The molecule has 7 heteroatoms. The number of amides is 1. The Kier molecular flexibility index (Phi) is 5.18. The highest BCUT2D eigenvalue weighted by Gasteiger charge is 2.39. The Morgan fingerprint density at radius 3 is 2.55 bits per heavy atom. The van der Waals surface area contributed by atoms with E-state index in [0.717, 1.165) is 9.37 Å². The van der Waals surface area contributed by atoms with E-state index in [1.165, 1.54) is 0 Å². The third-order valence-electron chi connectivity index (χ3n) is 3.54. The lowest BCUT2D eigenvalue weighted by Crippen LogP contribution is -2.41. The van der Waals surface area contributed by atoms with E-state index in [4.69, 9.17) is 9.84 Å². The number of rotatable bonds is 4. The van der Waals surface area contributed by atoms with Gasteiger partial charge in [-0.15, -0.1) is 0 Å². The molecule has 1 N–H and O–H groups in total. The van der Waals surface area contributed by atoms with E-state index < -0.39 is 24.7 Å². The molecule has 2 atom stereocenters. The molecule has 1 aromatic carbocycles. The number of nitrogens with zero attached hydrogens (tertiary/aromatic N) is 1. The van der Waals surface area contributed by atoms with E-state index in [0.29, 0.717) is 18.5 Å². The zero-order chi connectivity index (χ0) is 16.3. The van der Waals surface area contributed by atoms with Gasteiger partial charge < -0.3 is 9.84 Å². The Morgan fingerprint density at radius 1 is 1.32 bits per heavy atom. The fourth-order valence-corrected chi connectivity index (χ4v) is 2.70. The molecule has 1 aliphatic heterocycles. The number of carbonyl (C=O) groups is 3. The number of esters is 1. The lowest BCUT2D eigenvalue weighted by atomic mass is 10.1. The highest BCUT2D eigenvalue weighted by Crippen LogP contribution is 2.23. The van der Waals surface area contributed by atoms with Crippen LogP contribution >= 0.6 is 15.9 Å². The molecule has 0 saturated carbocycles. The number of Topliss-reactive ketones (excluding diaryl/α,β-unsaturated/α-hetero) is 1. The molecule has 22 heavy (non-hydrogen) atoms.